The van der Waals surface area contributed by atoms with E-state index in [1.54, 1.807) is 0 Å². The van der Waals surface area contributed by atoms with E-state index in [4.69, 9.17) is 5.11 Å². The molecule has 5 N–H and O–H groups in total. The Bertz CT molecular complexity index is 305. The van der Waals surface area contributed by atoms with Gasteiger partial charge in [-0.15, -0.1) is 0 Å². The van der Waals surface area contributed by atoms with Crippen LogP contribution in [0.25, 0.3) is 0 Å². The fourth-order valence-corrected chi connectivity index (χ4v) is 1.84. The topological polar surface area (TPSA) is 114 Å². The van der Waals surface area contributed by atoms with Gasteiger partial charge in [0.05, 0.1) is 6.10 Å². The molecule has 1 saturated heterocycles. The van der Waals surface area contributed by atoms with Crippen LogP contribution in [-0.2, 0) is 4.79 Å². The molecular weight excluding hydrogens is 252 g/mol. The Morgan fingerprint density at radius 1 is 1.37 bits per heavy atom. The van der Waals surface area contributed by atoms with Gasteiger partial charge in [-0.05, 0) is 6.92 Å². The summed E-state index contributed by atoms with van der Waals surface area (Å²) in [5.41, 5.74) is 0. The van der Waals surface area contributed by atoms with Gasteiger partial charge in [0.15, 0.2) is 6.04 Å². The highest BCUT2D eigenvalue weighted by Gasteiger charge is 2.24. The molecule has 19 heavy (non-hydrogen) atoms. The summed E-state index contributed by atoms with van der Waals surface area (Å²) in [7, 11) is 0. The first-order chi connectivity index (χ1) is 9.00. The Balaban J connectivity index is 2.21. The summed E-state index contributed by atoms with van der Waals surface area (Å²) < 4.78 is 0. The van der Waals surface area contributed by atoms with E-state index < -0.39 is 24.1 Å². The number of aliphatic hydroxyl groups excluding tert-OH is 1. The fraction of sp³-hybridized carbons (Fsp3) is 0.818. The number of rotatable bonds is 6. The third-order valence-corrected chi connectivity index (χ3v) is 2.96. The third kappa shape index (κ3) is 5.86. The van der Waals surface area contributed by atoms with Crippen molar-refractivity contribution in [3.8, 4) is 0 Å². The molecule has 0 spiro atoms. The summed E-state index contributed by atoms with van der Waals surface area (Å²) >= 11 is 0. The number of nitrogens with zero attached hydrogens (tertiary/aromatic N) is 1. The Kier molecular flexibility index (Phi) is 6.54. The van der Waals surface area contributed by atoms with Crippen molar-refractivity contribution >= 4 is 12.0 Å². The standard InChI is InChI=1S/C11H22N4O4/c1-8(16)9(10(17)18)14-11(19)13-4-7-15-5-2-12-3-6-15/h8-9,12,16H,2-7H2,1H3,(H,17,18)(H2,13,14,19). The highest BCUT2D eigenvalue weighted by Crippen LogP contribution is 1.93. The number of carboxylic acid groups (broad SMARTS) is 1. The van der Waals surface area contributed by atoms with Crippen molar-refractivity contribution in [3.05, 3.63) is 0 Å². The van der Waals surface area contributed by atoms with Gasteiger partial charge in [-0.1, -0.05) is 0 Å². The second kappa shape index (κ2) is 7.93. The lowest BCUT2D eigenvalue weighted by molar-refractivity contribution is -0.141. The Morgan fingerprint density at radius 2 is 2.00 bits per heavy atom. The molecule has 2 unspecified atom stereocenters. The second-order valence-corrected chi connectivity index (χ2v) is 4.55. The average molecular weight is 274 g/mol. The molecule has 0 aromatic rings. The van der Waals surface area contributed by atoms with E-state index in [-0.39, 0.29) is 0 Å². The SMILES string of the molecule is CC(O)C(NC(=O)NCCN1CCNCC1)C(=O)O. The molecule has 1 rings (SSSR count). The Hall–Kier alpha value is -1.38. The van der Waals surface area contributed by atoms with E-state index in [0.29, 0.717) is 6.54 Å². The van der Waals surface area contributed by atoms with Crippen LogP contribution < -0.4 is 16.0 Å². The van der Waals surface area contributed by atoms with E-state index in [0.717, 1.165) is 32.7 Å². The van der Waals surface area contributed by atoms with Crippen molar-refractivity contribution < 1.29 is 19.8 Å². The van der Waals surface area contributed by atoms with Gasteiger partial charge in [0.1, 0.15) is 0 Å². The van der Waals surface area contributed by atoms with Crippen LogP contribution in [0.5, 0.6) is 0 Å². The summed E-state index contributed by atoms with van der Waals surface area (Å²) in [6.45, 7) is 6.24. The minimum atomic E-state index is -1.29. The van der Waals surface area contributed by atoms with Crippen LogP contribution >= 0.6 is 0 Å². The highest BCUT2D eigenvalue weighted by molar-refractivity contribution is 5.82. The van der Waals surface area contributed by atoms with Crippen molar-refractivity contribution in [1.82, 2.24) is 20.9 Å². The fourth-order valence-electron chi connectivity index (χ4n) is 1.84. The van der Waals surface area contributed by atoms with E-state index in [1.807, 2.05) is 0 Å². The molecule has 1 aliphatic rings. The van der Waals surface area contributed by atoms with Crippen molar-refractivity contribution in [2.45, 2.75) is 19.1 Å². The molecule has 0 bridgehead atoms. The van der Waals surface area contributed by atoms with Gasteiger partial charge in [-0.3, -0.25) is 4.90 Å². The lowest BCUT2D eigenvalue weighted by Crippen LogP contribution is -2.52. The van der Waals surface area contributed by atoms with Crippen LogP contribution in [0.2, 0.25) is 0 Å². The zero-order chi connectivity index (χ0) is 14.3. The maximum absolute atomic E-state index is 11.5. The van der Waals surface area contributed by atoms with Crippen LogP contribution in [0.3, 0.4) is 0 Å². The van der Waals surface area contributed by atoms with E-state index in [1.165, 1.54) is 6.92 Å². The van der Waals surface area contributed by atoms with Gasteiger partial charge in [0.25, 0.3) is 0 Å². The van der Waals surface area contributed by atoms with Crippen molar-refractivity contribution in [2.24, 2.45) is 0 Å². The Morgan fingerprint density at radius 3 is 2.53 bits per heavy atom. The van der Waals surface area contributed by atoms with Crippen LogP contribution in [0.15, 0.2) is 0 Å². The molecule has 1 heterocycles. The zero-order valence-corrected chi connectivity index (χ0v) is 11.1. The maximum atomic E-state index is 11.5. The molecule has 0 aromatic heterocycles. The molecule has 0 saturated carbocycles. The van der Waals surface area contributed by atoms with Crippen molar-refractivity contribution in [3.63, 3.8) is 0 Å². The quantitative estimate of drug-likeness (QED) is 0.384. The van der Waals surface area contributed by atoms with Gasteiger partial charge >= 0.3 is 12.0 Å². The largest absolute Gasteiger partial charge is 0.480 e. The number of carboxylic acids is 1. The number of hydrogen-bond acceptors (Lipinski definition) is 5. The molecule has 1 aliphatic heterocycles. The molecule has 2 amide bonds. The van der Waals surface area contributed by atoms with Crippen LogP contribution in [0.4, 0.5) is 4.79 Å². The van der Waals surface area contributed by atoms with E-state index >= 15 is 0 Å². The van der Waals surface area contributed by atoms with Gasteiger partial charge in [0.2, 0.25) is 0 Å². The number of nitrogens with one attached hydrogen (secondary N) is 3. The number of aliphatic hydroxyl groups is 1. The summed E-state index contributed by atoms with van der Waals surface area (Å²) in [5.74, 6) is -1.26. The smallest absolute Gasteiger partial charge is 0.328 e. The molecule has 0 radical (unpaired) electrons. The minimum Gasteiger partial charge on any atom is -0.480 e. The number of hydrogen-bond donors (Lipinski definition) is 5. The average Bonchev–Trinajstić information content (AvgIpc) is 2.36. The van der Waals surface area contributed by atoms with Crippen molar-refractivity contribution in [1.29, 1.82) is 0 Å². The summed E-state index contributed by atoms with van der Waals surface area (Å²) in [4.78, 5) is 24.5. The first kappa shape index (κ1) is 15.7. The molecular formula is C11H22N4O4. The number of urea groups is 1. The maximum Gasteiger partial charge on any atom is 0.328 e. The minimum absolute atomic E-state index is 0.442. The number of carbonyl (C=O) groups is 2. The molecule has 0 aliphatic carbocycles. The van der Waals surface area contributed by atoms with Crippen LogP contribution in [-0.4, -0.2) is 78.5 Å². The predicted molar refractivity (Wildman–Crippen MR) is 68.9 cm³/mol. The predicted octanol–water partition coefficient (Wildman–Crippen LogP) is -1.98. The van der Waals surface area contributed by atoms with Gasteiger partial charge < -0.3 is 26.2 Å². The first-order valence-electron chi connectivity index (χ1n) is 6.39. The highest BCUT2D eigenvalue weighted by atomic mass is 16.4. The summed E-state index contributed by atoms with van der Waals surface area (Å²) in [6.07, 6.45) is -1.14. The van der Waals surface area contributed by atoms with Gasteiger partial charge in [-0.2, -0.15) is 0 Å². The lowest BCUT2D eigenvalue weighted by Gasteiger charge is -2.27. The molecule has 0 aromatic carbocycles. The first-order valence-corrected chi connectivity index (χ1v) is 6.39. The molecule has 8 heteroatoms. The monoisotopic (exact) mass is 274 g/mol. The molecule has 8 nitrogen and oxygen atoms in total. The van der Waals surface area contributed by atoms with Crippen LogP contribution in [0, 0.1) is 0 Å². The second-order valence-electron chi connectivity index (χ2n) is 4.55. The number of piperazine rings is 1. The Labute approximate surface area is 112 Å². The van der Waals surface area contributed by atoms with Crippen molar-refractivity contribution in [2.75, 3.05) is 39.3 Å². The lowest BCUT2D eigenvalue weighted by atomic mass is 10.2. The van der Waals surface area contributed by atoms with Gasteiger partial charge in [0, 0.05) is 39.3 Å². The van der Waals surface area contributed by atoms with E-state index in [2.05, 4.69) is 20.9 Å². The van der Waals surface area contributed by atoms with Crippen LogP contribution in [0.1, 0.15) is 6.92 Å². The zero-order valence-electron chi connectivity index (χ0n) is 11.1. The summed E-state index contributed by atoms with van der Waals surface area (Å²) in [6, 6.07) is -1.87. The number of amides is 2. The molecule has 2 atom stereocenters. The summed E-state index contributed by atoms with van der Waals surface area (Å²) in [5, 5.41) is 26.1. The number of aliphatic carboxylic acids is 1. The number of carbonyl (C=O) groups excluding carboxylic acids is 1. The van der Waals surface area contributed by atoms with Gasteiger partial charge in [-0.25, -0.2) is 9.59 Å². The molecule has 110 valence electrons. The normalized spacial score (nSPS) is 19.5. The molecule has 1 fully saturated rings. The van der Waals surface area contributed by atoms with E-state index in [9.17, 15) is 14.7 Å². The third-order valence-electron chi connectivity index (χ3n) is 2.96.